The number of hydrogen-bond donors (Lipinski definition) is 2. The predicted molar refractivity (Wildman–Crippen MR) is 71.8 cm³/mol. The van der Waals surface area contributed by atoms with Crippen LogP contribution in [0.5, 0.6) is 0 Å². The van der Waals surface area contributed by atoms with E-state index in [1.165, 1.54) is 6.07 Å². The van der Waals surface area contributed by atoms with Gasteiger partial charge in [-0.1, -0.05) is 19.4 Å². The fraction of sp³-hybridized carbons (Fsp3) is 0.571. The Bertz CT molecular complexity index is 445. The van der Waals surface area contributed by atoms with Crippen LogP contribution < -0.4 is 11.3 Å². The topological polar surface area (TPSA) is 47.3 Å². The smallest absolute Gasteiger partial charge is 0.376 e. The predicted octanol–water partition coefficient (Wildman–Crippen LogP) is 3.55. The van der Waals surface area contributed by atoms with Crippen LogP contribution >= 0.6 is 0 Å². The lowest BCUT2D eigenvalue weighted by molar-refractivity contribution is -0.140. The third kappa shape index (κ3) is 4.66. The van der Waals surface area contributed by atoms with Gasteiger partial charge in [0.25, 0.3) is 0 Å². The minimum Gasteiger partial charge on any atom is -0.376 e. The van der Waals surface area contributed by atoms with Gasteiger partial charge in [-0.15, -0.1) is 0 Å². The van der Waals surface area contributed by atoms with Crippen molar-refractivity contribution in [2.75, 3.05) is 6.61 Å². The minimum absolute atomic E-state index is 0.248. The van der Waals surface area contributed by atoms with Crippen molar-refractivity contribution >= 4 is 0 Å². The molecule has 0 aliphatic carbocycles. The molecule has 1 rings (SSSR count). The lowest BCUT2D eigenvalue weighted by Crippen LogP contribution is -2.38. The summed E-state index contributed by atoms with van der Waals surface area (Å²) in [5, 5.41) is 0. The van der Waals surface area contributed by atoms with Gasteiger partial charge in [0.2, 0.25) is 0 Å². The van der Waals surface area contributed by atoms with Crippen LogP contribution in [0.4, 0.5) is 17.6 Å². The van der Waals surface area contributed by atoms with Crippen LogP contribution in [0.1, 0.15) is 43.9 Å². The maximum Gasteiger partial charge on any atom is 0.419 e. The van der Waals surface area contributed by atoms with E-state index >= 15 is 0 Å². The standard InChI is InChI=1S/C14H20F4N2O/c1-3-5-12(21-4-2)13(20-19)9-6-7-11(15)10(8-9)14(16,17)18/h6-8,12-13,20H,3-5,19H2,1-2H3. The molecule has 0 saturated carbocycles. The number of hydrazine groups is 1. The zero-order valence-electron chi connectivity index (χ0n) is 12.0. The van der Waals surface area contributed by atoms with Crippen LogP contribution in [0.3, 0.4) is 0 Å². The Balaban J connectivity index is 3.15. The lowest BCUT2D eigenvalue weighted by Gasteiger charge is -2.27. The quantitative estimate of drug-likeness (QED) is 0.460. The van der Waals surface area contributed by atoms with E-state index in [1.54, 1.807) is 6.92 Å². The number of benzene rings is 1. The normalized spacial score (nSPS) is 15.0. The number of hydrogen-bond acceptors (Lipinski definition) is 3. The fourth-order valence-electron chi connectivity index (χ4n) is 2.22. The number of ether oxygens (including phenoxy) is 1. The average molecular weight is 308 g/mol. The van der Waals surface area contributed by atoms with Crippen molar-refractivity contribution in [3.05, 3.63) is 35.1 Å². The van der Waals surface area contributed by atoms with E-state index in [0.29, 0.717) is 13.0 Å². The van der Waals surface area contributed by atoms with Gasteiger partial charge in [0.05, 0.1) is 17.7 Å². The van der Waals surface area contributed by atoms with E-state index in [2.05, 4.69) is 5.43 Å². The Morgan fingerprint density at radius 1 is 1.29 bits per heavy atom. The maximum atomic E-state index is 13.3. The summed E-state index contributed by atoms with van der Waals surface area (Å²) in [5.74, 6) is 4.16. The summed E-state index contributed by atoms with van der Waals surface area (Å²) in [6.07, 6.45) is -3.71. The van der Waals surface area contributed by atoms with Crippen molar-refractivity contribution in [3.63, 3.8) is 0 Å². The second-order valence-electron chi connectivity index (χ2n) is 4.66. The van der Waals surface area contributed by atoms with Gasteiger partial charge in [0.1, 0.15) is 5.82 Å². The van der Waals surface area contributed by atoms with Crippen LogP contribution in [0.25, 0.3) is 0 Å². The van der Waals surface area contributed by atoms with Crippen LogP contribution in [0.15, 0.2) is 18.2 Å². The van der Waals surface area contributed by atoms with Crippen molar-refractivity contribution in [1.29, 1.82) is 0 Å². The highest BCUT2D eigenvalue weighted by Crippen LogP contribution is 2.34. The molecule has 1 aromatic rings. The molecule has 0 aromatic heterocycles. The molecule has 0 fully saturated rings. The lowest BCUT2D eigenvalue weighted by atomic mass is 9.96. The maximum absolute atomic E-state index is 13.3. The van der Waals surface area contributed by atoms with Crippen molar-refractivity contribution in [2.24, 2.45) is 5.84 Å². The van der Waals surface area contributed by atoms with E-state index in [-0.39, 0.29) is 11.7 Å². The molecule has 0 aliphatic rings. The zero-order chi connectivity index (χ0) is 16.0. The first-order chi connectivity index (χ1) is 9.85. The largest absolute Gasteiger partial charge is 0.419 e. The third-order valence-corrected chi connectivity index (χ3v) is 3.16. The van der Waals surface area contributed by atoms with Gasteiger partial charge in [0.15, 0.2) is 0 Å². The van der Waals surface area contributed by atoms with E-state index in [4.69, 9.17) is 10.6 Å². The summed E-state index contributed by atoms with van der Waals surface area (Å²) in [6.45, 7) is 4.14. The monoisotopic (exact) mass is 308 g/mol. The summed E-state index contributed by atoms with van der Waals surface area (Å²) in [4.78, 5) is 0. The molecule has 0 spiro atoms. The molecule has 120 valence electrons. The van der Waals surface area contributed by atoms with E-state index in [1.807, 2.05) is 6.92 Å². The first-order valence-electron chi connectivity index (χ1n) is 6.79. The van der Waals surface area contributed by atoms with Crippen molar-refractivity contribution in [2.45, 2.75) is 45.0 Å². The second kappa shape index (κ2) is 7.72. The molecule has 0 radical (unpaired) electrons. The Kier molecular flexibility index (Phi) is 6.57. The van der Waals surface area contributed by atoms with Crippen LogP contribution in [0, 0.1) is 5.82 Å². The van der Waals surface area contributed by atoms with Gasteiger partial charge in [0, 0.05) is 6.61 Å². The zero-order valence-corrected chi connectivity index (χ0v) is 12.0. The molecule has 3 N–H and O–H groups in total. The van der Waals surface area contributed by atoms with E-state index in [0.717, 1.165) is 18.6 Å². The molecule has 21 heavy (non-hydrogen) atoms. The molecular weight excluding hydrogens is 288 g/mol. The Hall–Kier alpha value is -1.18. The van der Waals surface area contributed by atoms with Crippen molar-refractivity contribution in [1.82, 2.24) is 5.43 Å². The highest BCUT2D eigenvalue weighted by atomic mass is 19.4. The Morgan fingerprint density at radius 3 is 2.43 bits per heavy atom. The van der Waals surface area contributed by atoms with Gasteiger partial charge in [-0.3, -0.25) is 11.3 Å². The van der Waals surface area contributed by atoms with E-state index in [9.17, 15) is 17.6 Å². The third-order valence-electron chi connectivity index (χ3n) is 3.16. The summed E-state index contributed by atoms with van der Waals surface area (Å²) in [5.41, 5.74) is 1.42. The van der Waals surface area contributed by atoms with Gasteiger partial charge >= 0.3 is 6.18 Å². The van der Waals surface area contributed by atoms with Crippen molar-refractivity contribution < 1.29 is 22.3 Å². The molecule has 2 atom stereocenters. The average Bonchev–Trinajstić information content (AvgIpc) is 2.40. The summed E-state index contributed by atoms with van der Waals surface area (Å²) < 4.78 is 57.2. The van der Waals surface area contributed by atoms with Crippen LogP contribution in [-0.2, 0) is 10.9 Å². The number of nitrogens with two attached hydrogens (primary N) is 1. The van der Waals surface area contributed by atoms with Gasteiger partial charge < -0.3 is 4.74 Å². The first kappa shape index (κ1) is 17.9. The minimum atomic E-state index is -4.74. The van der Waals surface area contributed by atoms with Gasteiger partial charge in [-0.2, -0.15) is 13.2 Å². The molecule has 3 nitrogen and oxygen atoms in total. The van der Waals surface area contributed by atoms with Gasteiger partial charge in [-0.05, 0) is 31.0 Å². The number of rotatable bonds is 7. The molecule has 0 amide bonds. The number of alkyl halides is 3. The fourth-order valence-corrected chi connectivity index (χ4v) is 2.22. The molecule has 0 heterocycles. The summed E-state index contributed by atoms with van der Waals surface area (Å²) in [7, 11) is 0. The van der Waals surface area contributed by atoms with Crippen molar-refractivity contribution in [3.8, 4) is 0 Å². The molecule has 2 unspecified atom stereocenters. The van der Waals surface area contributed by atoms with Crippen LogP contribution in [-0.4, -0.2) is 12.7 Å². The second-order valence-corrected chi connectivity index (χ2v) is 4.66. The summed E-state index contributed by atoms with van der Waals surface area (Å²) >= 11 is 0. The molecule has 7 heteroatoms. The molecule has 0 saturated heterocycles. The van der Waals surface area contributed by atoms with E-state index < -0.39 is 23.6 Å². The van der Waals surface area contributed by atoms with Gasteiger partial charge in [-0.25, -0.2) is 4.39 Å². The molecule has 1 aromatic carbocycles. The first-order valence-corrected chi connectivity index (χ1v) is 6.79. The molecule has 0 aliphatic heterocycles. The Labute approximate surface area is 121 Å². The highest BCUT2D eigenvalue weighted by molar-refractivity contribution is 5.30. The highest BCUT2D eigenvalue weighted by Gasteiger charge is 2.35. The SMILES string of the molecule is CCCC(OCC)C(NN)c1ccc(F)c(C(F)(F)F)c1. The molecular formula is C14H20F4N2O. The summed E-state index contributed by atoms with van der Waals surface area (Å²) in [6, 6.07) is 2.24. The molecule has 0 bridgehead atoms. The Morgan fingerprint density at radius 2 is 1.95 bits per heavy atom. The number of halogens is 4. The van der Waals surface area contributed by atoms with Crippen LogP contribution in [0.2, 0.25) is 0 Å². The number of nitrogens with one attached hydrogen (secondary N) is 1.